The summed E-state index contributed by atoms with van der Waals surface area (Å²) < 4.78 is 5.98. The molecule has 0 heterocycles. The van der Waals surface area contributed by atoms with Gasteiger partial charge in [-0.15, -0.1) is 0 Å². The second-order valence-electron chi connectivity index (χ2n) is 15.5. The van der Waals surface area contributed by atoms with Crippen LogP contribution in [0.4, 0.5) is 0 Å². The molecule has 10 atom stereocenters. The van der Waals surface area contributed by atoms with E-state index in [1.807, 2.05) is 26.0 Å². The molecule has 4 fully saturated rings. The highest BCUT2D eigenvalue weighted by atomic mass is 16.5. The van der Waals surface area contributed by atoms with E-state index >= 15 is 0 Å². The average molecular weight is 618 g/mol. The summed E-state index contributed by atoms with van der Waals surface area (Å²) >= 11 is 0. The number of aliphatic hydroxyl groups is 2. The Morgan fingerprint density at radius 3 is 2.22 bits per heavy atom. The smallest absolute Gasteiger partial charge is 0.331 e. The van der Waals surface area contributed by atoms with Crippen LogP contribution >= 0.6 is 0 Å². The van der Waals surface area contributed by atoms with Crippen LogP contribution in [0.15, 0.2) is 41.0 Å². The molecule has 0 saturated heterocycles. The number of hydrogen-bond donors (Lipinski definition) is 3. The van der Waals surface area contributed by atoms with E-state index < -0.39 is 24.1 Å². The summed E-state index contributed by atoms with van der Waals surface area (Å²) in [6.07, 6.45) is 3.53. The molecule has 244 valence electrons. The molecule has 0 radical (unpaired) electrons. The number of fused-ring (bicyclic) bond motifs is 5. The minimum Gasteiger partial charge on any atom is -0.478 e. The summed E-state index contributed by atoms with van der Waals surface area (Å²) in [6, 6.07) is 9.51. The van der Waals surface area contributed by atoms with E-state index in [0.29, 0.717) is 36.3 Å². The lowest BCUT2D eigenvalue weighted by atomic mass is 9.36. The van der Waals surface area contributed by atoms with E-state index in [1.54, 1.807) is 12.1 Å². The van der Waals surface area contributed by atoms with E-state index in [9.17, 15) is 30.2 Å². The number of nitriles is 1. The van der Waals surface area contributed by atoms with Gasteiger partial charge in [-0.2, -0.15) is 5.26 Å². The van der Waals surface area contributed by atoms with Gasteiger partial charge in [0, 0.05) is 12.5 Å². The van der Waals surface area contributed by atoms with E-state index in [4.69, 9.17) is 4.74 Å². The quantitative estimate of drug-likeness (QED) is 0.230. The Balaban J connectivity index is 1.57. The first-order valence-corrected chi connectivity index (χ1v) is 16.8. The fourth-order valence-electron chi connectivity index (χ4n) is 11.0. The summed E-state index contributed by atoms with van der Waals surface area (Å²) in [4.78, 5) is 25.6. The molecule has 4 aliphatic rings. The first-order chi connectivity index (χ1) is 21.1. The van der Waals surface area contributed by atoms with E-state index in [0.717, 1.165) is 42.4 Å². The van der Waals surface area contributed by atoms with Crippen molar-refractivity contribution >= 4 is 17.5 Å². The second-order valence-corrected chi connectivity index (χ2v) is 15.5. The number of benzene rings is 1. The van der Waals surface area contributed by atoms with Crippen LogP contribution in [0.2, 0.25) is 0 Å². The fourth-order valence-corrected chi connectivity index (χ4v) is 11.0. The summed E-state index contributed by atoms with van der Waals surface area (Å²) in [7, 11) is 0. The lowest BCUT2D eigenvalue weighted by molar-refractivity contribution is -0.234. The minimum absolute atomic E-state index is 0.000727. The van der Waals surface area contributed by atoms with Crippen LogP contribution < -0.4 is 0 Å². The van der Waals surface area contributed by atoms with Gasteiger partial charge in [-0.1, -0.05) is 45.4 Å². The predicted octanol–water partition coefficient (Wildman–Crippen LogP) is 7.07. The van der Waals surface area contributed by atoms with E-state index in [1.165, 1.54) is 6.92 Å². The molecular weight excluding hydrogens is 566 g/mol. The molecular formula is C38H51NO6. The number of rotatable bonds is 6. The number of carboxylic acids is 1. The summed E-state index contributed by atoms with van der Waals surface area (Å²) in [6.45, 7) is 14.4. The predicted molar refractivity (Wildman–Crippen MR) is 173 cm³/mol. The van der Waals surface area contributed by atoms with Gasteiger partial charge < -0.3 is 20.1 Å². The number of aliphatic hydroxyl groups excluding tert-OH is 2. The molecule has 0 spiro atoms. The largest absolute Gasteiger partial charge is 0.478 e. The zero-order valence-electron chi connectivity index (χ0n) is 28.0. The number of allylic oxidation sites excluding steroid dienone is 2. The van der Waals surface area contributed by atoms with Crippen LogP contribution in [0, 0.1) is 51.2 Å². The Labute approximate surface area is 268 Å². The van der Waals surface area contributed by atoms with Crippen molar-refractivity contribution in [2.45, 2.75) is 118 Å². The third kappa shape index (κ3) is 5.36. The lowest BCUT2D eigenvalue weighted by Gasteiger charge is -2.69. The van der Waals surface area contributed by atoms with Gasteiger partial charge in [0.05, 0.1) is 23.8 Å². The maximum atomic E-state index is 13.1. The molecule has 7 heteroatoms. The first-order valence-electron chi connectivity index (χ1n) is 16.8. The first kappa shape index (κ1) is 33.4. The maximum Gasteiger partial charge on any atom is 0.331 e. The number of carbonyl (C=O) groups excluding carboxylic acids is 1. The Kier molecular flexibility index (Phi) is 8.92. The molecule has 0 aliphatic heterocycles. The van der Waals surface area contributed by atoms with Crippen molar-refractivity contribution < 1.29 is 29.6 Å². The average Bonchev–Trinajstić information content (AvgIpc) is 3.24. The van der Waals surface area contributed by atoms with Crippen LogP contribution in [0.3, 0.4) is 0 Å². The summed E-state index contributed by atoms with van der Waals surface area (Å²) in [5.74, 6) is -1.20. The molecule has 0 bridgehead atoms. The molecule has 1 aromatic rings. The zero-order chi connectivity index (χ0) is 33.1. The van der Waals surface area contributed by atoms with Crippen LogP contribution in [-0.4, -0.2) is 45.6 Å². The van der Waals surface area contributed by atoms with Crippen molar-refractivity contribution in [3.05, 3.63) is 52.1 Å². The van der Waals surface area contributed by atoms with Crippen molar-refractivity contribution in [3.8, 4) is 6.07 Å². The van der Waals surface area contributed by atoms with Gasteiger partial charge in [-0.3, -0.25) is 4.79 Å². The van der Waals surface area contributed by atoms with Crippen LogP contribution in [0.1, 0.15) is 111 Å². The maximum absolute atomic E-state index is 13.1. The van der Waals surface area contributed by atoms with Gasteiger partial charge in [-0.25, -0.2) is 4.79 Å². The van der Waals surface area contributed by atoms with Gasteiger partial charge in [0.25, 0.3) is 0 Å². The molecule has 1 aromatic carbocycles. The van der Waals surface area contributed by atoms with Crippen LogP contribution in [-0.2, 0) is 14.3 Å². The highest BCUT2D eigenvalue weighted by Gasteiger charge is 2.70. The Bertz CT molecular complexity index is 1450. The second kappa shape index (κ2) is 12.0. The standard InChI is InChI=1S/C38H51NO6/c1-21(2)26(25-10-8-24(20-39)9-11-25)12-13-27(35(43)44)33-29-18-31(42)34-36(5)16-15-30(41)22(3)28(36)14-17-37(34,6)38(29,7)19-32(33)45-23(4)40/h8-11,22,28-32,34,41-42H,12-19H2,1-7H3,(H,43,44)/b33-27-/t22-,28?,29?,30+,31+,32-,34-,36-,37-,38-/m0/s1. The van der Waals surface area contributed by atoms with E-state index in [2.05, 4.69) is 33.8 Å². The molecule has 3 N–H and O–H groups in total. The molecule has 5 rings (SSSR count). The summed E-state index contributed by atoms with van der Waals surface area (Å²) in [5, 5.41) is 42.8. The van der Waals surface area contributed by atoms with Gasteiger partial charge in [0.2, 0.25) is 0 Å². The van der Waals surface area contributed by atoms with Gasteiger partial charge >= 0.3 is 11.9 Å². The molecule has 4 saturated carbocycles. The molecule has 0 amide bonds. The lowest BCUT2D eigenvalue weighted by Crippen LogP contribution is -2.65. The number of hydrogen-bond acceptors (Lipinski definition) is 6. The highest BCUT2D eigenvalue weighted by Crippen LogP contribution is 2.74. The van der Waals surface area contributed by atoms with Gasteiger partial charge in [-0.05, 0) is 134 Å². The topological polar surface area (TPSA) is 128 Å². The monoisotopic (exact) mass is 617 g/mol. The number of ether oxygens (including phenoxy) is 1. The number of carbonyl (C=O) groups is 2. The molecule has 4 aliphatic carbocycles. The van der Waals surface area contributed by atoms with Crippen LogP contribution in [0.5, 0.6) is 0 Å². The highest BCUT2D eigenvalue weighted by molar-refractivity contribution is 5.89. The normalized spacial score (nSPS) is 39.9. The molecule has 45 heavy (non-hydrogen) atoms. The van der Waals surface area contributed by atoms with Crippen molar-refractivity contribution in [3.63, 3.8) is 0 Å². The Morgan fingerprint density at radius 2 is 1.64 bits per heavy atom. The number of esters is 1. The molecule has 2 unspecified atom stereocenters. The Hall–Kier alpha value is -2.95. The summed E-state index contributed by atoms with van der Waals surface area (Å²) in [5.41, 5.74) is 3.75. The number of carboxylic acid groups (broad SMARTS) is 1. The van der Waals surface area contributed by atoms with E-state index in [-0.39, 0.29) is 52.1 Å². The fraction of sp³-hybridized carbons (Fsp3) is 0.658. The van der Waals surface area contributed by atoms with Crippen LogP contribution in [0.25, 0.3) is 5.57 Å². The number of aliphatic carboxylic acids is 1. The molecule has 7 nitrogen and oxygen atoms in total. The van der Waals surface area contributed by atoms with Crippen molar-refractivity contribution in [1.29, 1.82) is 5.26 Å². The minimum atomic E-state index is -1.01. The van der Waals surface area contributed by atoms with Gasteiger partial charge in [0.1, 0.15) is 6.10 Å². The van der Waals surface area contributed by atoms with Gasteiger partial charge in [0.15, 0.2) is 0 Å². The molecule has 0 aromatic heterocycles. The SMILES string of the molecule is CC(=O)O[C@H]1C[C@@]2(C)C(C[C@@H](O)[C@H]3[C@@]4(C)CC[C@@H](O)[C@@H](C)C4CC[C@@]32C)/C1=C(\CCC(=C(C)C)c1ccc(C#N)cc1)C(=O)O. The third-order valence-electron chi connectivity index (χ3n) is 13.2. The van der Waals surface area contributed by atoms with Crippen molar-refractivity contribution in [1.82, 2.24) is 0 Å². The van der Waals surface area contributed by atoms with Crippen molar-refractivity contribution in [2.24, 2.45) is 39.9 Å². The van der Waals surface area contributed by atoms with Crippen molar-refractivity contribution in [2.75, 3.05) is 0 Å². The Morgan fingerprint density at radius 1 is 0.978 bits per heavy atom. The third-order valence-corrected chi connectivity index (χ3v) is 13.2. The zero-order valence-corrected chi connectivity index (χ0v) is 28.0. The number of nitrogens with zero attached hydrogens (tertiary/aromatic N) is 1.